The van der Waals surface area contributed by atoms with E-state index in [1.54, 1.807) is 14.2 Å². The lowest BCUT2D eigenvalue weighted by molar-refractivity contribution is 0.299. The van der Waals surface area contributed by atoms with Crippen molar-refractivity contribution in [2.75, 3.05) is 27.2 Å². The molecule has 19 heavy (non-hydrogen) atoms. The van der Waals surface area contributed by atoms with Crippen molar-refractivity contribution in [2.45, 2.75) is 19.9 Å². The van der Waals surface area contributed by atoms with Gasteiger partial charge in [0.15, 0.2) is 0 Å². The SMILES string of the molecule is COc1ccc(C)cc1CN1CCCN(C)S1(=O)=O. The van der Waals surface area contributed by atoms with Gasteiger partial charge in [0.05, 0.1) is 7.11 Å². The van der Waals surface area contributed by atoms with Gasteiger partial charge in [0.25, 0.3) is 10.2 Å². The van der Waals surface area contributed by atoms with Crippen molar-refractivity contribution < 1.29 is 13.2 Å². The van der Waals surface area contributed by atoms with E-state index in [9.17, 15) is 8.42 Å². The molecular weight excluding hydrogens is 264 g/mol. The number of nitrogens with zero attached hydrogens (tertiary/aromatic N) is 2. The molecule has 1 aromatic carbocycles. The molecule has 2 rings (SSSR count). The summed E-state index contributed by atoms with van der Waals surface area (Å²) in [5.41, 5.74) is 2.00. The highest BCUT2D eigenvalue weighted by atomic mass is 32.2. The summed E-state index contributed by atoms with van der Waals surface area (Å²) in [6.07, 6.45) is 0.851. The average Bonchev–Trinajstić information content (AvgIpc) is 2.36. The highest BCUT2D eigenvalue weighted by Gasteiger charge is 2.31. The minimum absolute atomic E-state index is 0.359. The summed E-state index contributed by atoms with van der Waals surface area (Å²) in [5.74, 6) is 0.731. The van der Waals surface area contributed by atoms with Gasteiger partial charge in [-0.15, -0.1) is 0 Å². The van der Waals surface area contributed by atoms with Crippen LogP contribution in [0.25, 0.3) is 0 Å². The highest BCUT2D eigenvalue weighted by molar-refractivity contribution is 7.86. The molecule has 0 amide bonds. The fourth-order valence-electron chi connectivity index (χ4n) is 2.28. The molecule has 0 saturated carbocycles. The van der Waals surface area contributed by atoms with E-state index >= 15 is 0 Å². The average molecular weight is 284 g/mol. The monoisotopic (exact) mass is 284 g/mol. The third kappa shape index (κ3) is 2.91. The first-order chi connectivity index (χ1) is 8.95. The predicted molar refractivity (Wildman–Crippen MR) is 74.3 cm³/mol. The quantitative estimate of drug-likeness (QED) is 0.842. The number of methoxy groups -OCH3 is 1. The minimum Gasteiger partial charge on any atom is -0.496 e. The number of rotatable bonds is 3. The van der Waals surface area contributed by atoms with E-state index in [1.807, 2.05) is 25.1 Å². The van der Waals surface area contributed by atoms with E-state index in [1.165, 1.54) is 8.61 Å². The molecular formula is C13H20N2O3S. The van der Waals surface area contributed by atoms with E-state index in [2.05, 4.69) is 0 Å². The first-order valence-corrected chi connectivity index (χ1v) is 7.70. The molecule has 1 aliphatic rings. The molecule has 1 aromatic rings. The third-order valence-corrected chi connectivity index (χ3v) is 5.32. The molecule has 5 nitrogen and oxygen atoms in total. The Hall–Kier alpha value is -1.11. The standard InChI is InChI=1S/C13H20N2O3S/c1-11-5-6-13(18-3)12(9-11)10-15-8-4-7-14(2)19(15,16)17/h5-6,9H,4,7-8,10H2,1-3H3. The van der Waals surface area contributed by atoms with E-state index < -0.39 is 10.2 Å². The Balaban J connectivity index is 2.28. The number of hydrogen-bond acceptors (Lipinski definition) is 3. The lowest BCUT2D eigenvalue weighted by atomic mass is 10.1. The van der Waals surface area contributed by atoms with Gasteiger partial charge in [-0.2, -0.15) is 17.0 Å². The van der Waals surface area contributed by atoms with Crippen LogP contribution in [0.3, 0.4) is 0 Å². The van der Waals surface area contributed by atoms with Gasteiger partial charge in [0, 0.05) is 32.2 Å². The summed E-state index contributed by atoms with van der Waals surface area (Å²) in [6, 6.07) is 5.81. The molecule has 106 valence electrons. The van der Waals surface area contributed by atoms with Crippen LogP contribution in [0.2, 0.25) is 0 Å². The van der Waals surface area contributed by atoms with Gasteiger partial charge in [-0.1, -0.05) is 17.7 Å². The minimum atomic E-state index is -3.33. The summed E-state index contributed by atoms with van der Waals surface area (Å²) < 4.78 is 32.6. The molecule has 1 heterocycles. The molecule has 6 heteroatoms. The predicted octanol–water partition coefficient (Wildman–Crippen LogP) is 1.39. The second-order valence-electron chi connectivity index (χ2n) is 4.83. The summed E-state index contributed by atoms with van der Waals surface area (Å²) in [6.45, 7) is 3.49. The molecule has 0 aliphatic carbocycles. The van der Waals surface area contributed by atoms with Crippen LogP contribution in [0, 0.1) is 6.92 Å². The Morgan fingerprint density at radius 2 is 2.05 bits per heavy atom. The van der Waals surface area contributed by atoms with Gasteiger partial charge in [-0.05, 0) is 19.4 Å². The van der Waals surface area contributed by atoms with Crippen LogP contribution < -0.4 is 4.74 Å². The highest BCUT2D eigenvalue weighted by Crippen LogP contribution is 2.24. The normalized spacial score (nSPS) is 20.4. The first kappa shape index (κ1) is 14.3. The van der Waals surface area contributed by atoms with Gasteiger partial charge in [-0.25, -0.2) is 0 Å². The number of benzene rings is 1. The zero-order valence-electron chi connectivity index (χ0n) is 11.6. The molecule has 1 aliphatic heterocycles. The van der Waals surface area contributed by atoms with Crippen LogP contribution in [0.1, 0.15) is 17.5 Å². The number of ether oxygens (including phenoxy) is 1. The van der Waals surface area contributed by atoms with Crippen molar-refractivity contribution in [3.63, 3.8) is 0 Å². The fourth-order valence-corrected chi connectivity index (χ4v) is 3.70. The molecule has 0 aromatic heterocycles. The van der Waals surface area contributed by atoms with Gasteiger partial charge in [-0.3, -0.25) is 0 Å². The maximum Gasteiger partial charge on any atom is 0.282 e. The second kappa shape index (κ2) is 5.48. The molecule has 0 radical (unpaired) electrons. The van der Waals surface area contributed by atoms with Crippen molar-refractivity contribution in [2.24, 2.45) is 0 Å². The van der Waals surface area contributed by atoms with Crippen molar-refractivity contribution in [3.05, 3.63) is 29.3 Å². The Morgan fingerprint density at radius 3 is 2.74 bits per heavy atom. The van der Waals surface area contributed by atoms with Crippen molar-refractivity contribution in [1.29, 1.82) is 0 Å². The van der Waals surface area contributed by atoms with Crippen LogP contribution in [0.15, 0.2) is 18.2 Å². The largest absolute Gasteiger partial charge is 0.496 e. The molecule has 1 fully saturated rings. The Bertz CT molecular complexity index is 557. The van der Waals surface area contributed by atoms with Crippen LogP contribution in [-0.4, -0.2) is 44.3 Å². The maximum atomic E-state index is 12.2. The Kier molecular flexibility index (Phi) is 4.13. The van der Waals surface area contributed by atoms with Crippen LogP contribution in [0.5, 0.6) is 5.75 Å². The van der Waals surface area contributed by atoms with Gasteiger partial charge >= 0.3 is 0 Å². The van der Waals surface area contributed by atoms with Crippen LogP contribution in [-0.2, 0) is 16.8 Å². The van der Waals surface area contributed by atoms with Gasteiger partial charge < -0.3 is 4.74 Å². The van der Waals surface area contributed by atoms with Crippen LogP contribution in [0.4, 0.5) is 0 Å². The van der Waals surface area contributed by atoms with E-state index in [0.717, 1.165) is 23.3 Å². The topological polar surface area (TPSA) is 49.9 Å². The molecule has 0 unspecified atom stereocenters. The summed E-state index contributed by atoms with van der Waals surface area (Å²) >= 11 is 0. The van der Waals surface area contributed by atoms with Crippen LogP contribution >= 0.6 is 0 Å². The van der Waals surface area contributed by atoms with Crippen molar-refractivity contribution >= 4 is 10.2 Å². The summed E-state index contributed by atoms with van der Waals surface area (Å²) in [7, 11) is -0.105. The lowest BCUT2D eigenvalue weighted by Gasteiger charge is -2.32. The smallest absolute Gasteiger partial charge is 0.282 e. The van der Waals surface area contributed by atoms with E-state index in [-0.39, 0.29) is 0 Å². The molecule has 0 spiro atoms. The zero-order chi connectivity index (χ0) is 14.0. The van der Waals surface area contributed by atoms with Crippen molar-refractivity contribution in [1.82, 2.24) is 8.61 Å². The summed E-state index contributed by atoms with van der Waals surface area (Å²) in [4.78, 5) is 0. The Labute approximate surface area is 115 Å². The molecule has 0 atom stereocenters. The molecule has 0 bridgehead atoms. The Morgan fingerprint density at radius 1 is 1.32 bits per heavy atom. The van der Waals surface area contributed by atoms with E-state index in [0.29, 0.717) is 19.6 Å². The molecule has 1 saturated heterocycles. The number of hydrogen-bond donors (Lipinski definition) is 0. The first-order valence-electron chi connectivity index (χ1n) is 6.30. The van der Waals surface area contributed by atoms with Gasteiger partial charge in [0.1, 0.15) is 5.75 Å². The van der Waals surface area contributed by atoms with E-state index in [4.69, 9.17) is 4.74 Å². The molecule has 0 N–H and O–H groups in total. The summed E-state index contributed by atoms with van der Waals surface area (Å²) in [5, 5.41) is 0. The lowest BCUT2D eigenvalue weighted by Crippen LogP contribution is -2.47. The fraction of sp³-hybridized carbons (Fsp3) is 0.538. The zero-order valence-corrected chi connectivity index (χ0v) is 12.4. The second-order valence-corrected chi connectivity index (χ2v) is 6.87. The van der Waals surface area contributed by atoms with Gasteiger partial charge in [0.2, 0.25) is 0 Å². The number of aryl methyl sites for hydroxylation is 1. The third-order valence-electron chi connectivity index (χ3n) is 3.38. The van der Waals surface area contributed by atoms with Crippen molar-refractivity contribution in [3.8, 4) is 5.75 Å². The maximum absolute atomic E-state index is 12.2.